The quantitative estimate of drug-likeness (QED) is 0.531. The summed E-state index contributed by atoms with van der Waals surface area (Å²) in [5.74, 6) is 1.21. The predicted octanol–water partition coefficient (Wildman–Crippen LogP) is 3.01. The molecule has 9 heteroatoms. The molecule has 4 aromatic rings. The smallest absolute Gasteiger partial charge is 0.276 e. The van der Waals surface area contributed by atoms with Crippen LogP contribution in [0.1, 0.15) is 21.6 Å². The molecule has 0 radical (unpaired) electrons. The van der Waals surface area contributed by atoms with Crippen LogP contribution in [0.5, 0.6) is 11.5 Å². The average molecular weight is 402 g/mol. The van der Waals surface area contributed by atoms with E-state index in [2.05, 4.69) is 31.7 Å². The van der Waals surface area contributed by atoms with E-state index in [0.717, 1.165) is 11.1 Å². The number of carbonyl (C=O) groups excluding carboxylic acids is 1. The maximum atomic E-state index is 12.5. The minimum absolute atomic E-state index is 0.205. The van der Waals surface area contributed by atoms with Gasteiger partial charge in [0.15, 0.2) is 11.5 Å². The fourth-order valence-electron chi connectivity index (χ4n) is 3.24. The van der Waals surface area contributed by atoms with Crippen molar-refractivity contribution in [2.75, 3.05) is 12.1 Å². The Morgan fingerprint density at radius 3 is 2.97 bits per heavy atom. The molecule has 0 saturated heterocycles. The van der Waals surface area contributed by atoms with Crippen LogP contribution in [-0.4, -0.2) is 37.7 Å². The molecule has 0 unspecified atom stereocenters. The van der Waals surface area contributed by atoms with E-state index in [-0.39, 0.29) is 18.6 Å². The second kappa shape index (κ2) is 7.36. The number of fused-ring (bicyclic) bond motifs is 1. The third-order valence-corrected chi connectivity index (χ3v) is 4.68. The summed E-state index contributed by atoms with van der Waals surface area (Å²) in [7, 11) is 0. The number of hydrogen-bond donors (Lipinski definition) is 2. The van der Waals surface area contributed by atoms with E-state index in [4.69, 9.17) is 9.47 Å². The predicted molar refractivity (Wildman–Crippen MR) is 108 cm³/mol. The number of aryl methyl sites for hydroxylation is 1. The van der Waals surface area contributed by atoms with E-state index in [1.54, 1.807) is 17.1 Å². The van der Waals surface area contributed by atoms with Crippen molar-refractivity contribution >= 4 is 11.9 Å². The summed E-state index contributed by atoms with van der Waals surface area (Å²) in [4.78, 5) is 16.7. The summed E-state index contributed by atoms with van der Waals surface area (Å²) in [6, 6.07) is 15.3. The van der Waals surface area contributed by atoms with Gasteiger partial charge in [-0.2, -0.15) is 5.10 Å². The van der Waals surface area contributed by atoms with Gasteiger partial charge in [0.25, 0.3) is 5.91 Å². The van der Waals surface area contributed by atoms with Gasteiger partial charge in [0, 0.05) is 5.56 Å². The van der Waals surface area contributed by atoms with Crippen molar-refractivity contribution in [3.05, 3.63) is 71.7 Å². The van der Waals surface area contributed by atoms with E-state index in [9.17, 15) is 4.79 Å². The van der Waals surface area contributed by atoms with Gasteiger partial charge in [-0.15, -0.1) is 5.10 Å². The molecule has 0 atom stereocenters. The lowest BCUT2D eigenvalue weighted by molar-refractivity contribution is 0.102. The Balaban J connectivity index is 1.27. The van der Waals surface area contributed by atoms with Crippen molar-refractivity contribution in [1.82, 2.24) is 25.0 Å². The van der Waals surface area contributed by atoms with Crippen LogP contribution in [0.15, 0.2) is 54.9 Å². The molecular weight excluding hydrogens is 384 g/mol. The molecular formula is C21H18N6O3. The lowest BCUT2D eigenvalue weighted by Crippen LogP contribution is -2.14. The lowest BCUT2D eigenvalue weighted by atomic mass is 10.1. The van der Waals surface area contributed by atoms with Gasteiger partial charge >= 0.3 is 0 Å². The normalized spacial score (nSPS) is 12.2. The van der Waals surface area contributed by atoms with Gasteiger partial charge in [0.2, 0.25) is 12.7 Å². The number of ether oxygens (including phenoxy) is 2. The Hall–Kier alpha value is -4.14. The molecule has 1 aliphatic rings. The third-order valence-electron chi connectivity index (χ3n) is 4.68. The Bertz CT molecular complexity index is 1230. The van der Waals surface area contributed by atoms with Gasteiger partial charge in [0.05, 0.1) is 12.2 Å². The third kappa shape index (κ3) is 3.60. The highest BCUT2D eigenvalue weighted by molar-refractivity contribution is 6.02. The highest BCUT2D eigenvalue weighted by Crippen LogP contribution is 2.35. The number of benzene rings is 2. The maximum absolute atomic E-state index is 12.5. The fourth-order valence-corrected chi connectivity index (χ4v) is 3.24. The Morgan fingerprint density at radius 1 is 1.17 bits per heavy atom. The molecule has 3 heterocycles. The minimum Gasteiger partial charge on any atom is -0.454 e. The molecule has 0 aliphatic carbocycles. The molecule has 2 aromatic carbocycles. The summed E-state index contributed by atoms with van der Waals surface area (Å²) in [5, 5.41) is 14.0. The molecule has 0 bridgehead atoms. The van der Waals surface area contributed by atoms with Gasteiger partial charge in [0.1, 0.15) is 12.0 Å². The fraction of sp³-hybridized carbons (Fsp3) is 0.143. The summed E-state index contributed by atoms with van der Waals surface area (Å²) in [6.45, 7) is 2.82. The van der Waals surface area contributed by atoms with Crippen LogP contribution in [0, 0.1) is 6.92 Å². The lowest BCUT2D eigenvalue weighted by Gasteiger charge is -2.02. The van der Waals surface area contributed by atoms with Crippen LogP contribution in [0.3, 0.4) is 0 Å². The number of aromatic amines is 1. The monoisotopic (exact) mass is 402 g/mol. The molecule has 0 fully saturated rings. The van der Waals surface area contributed by atoms with Crippen LogP contribution in [0.2, 0.25) is 0 Å². The zero-order valence-electron chi connectivity index (χ0n) is 16.1. The summed E-state index contributed by atoms with van der Waals surface area (Å²) >= 11 is 0. The summed E-state index contributed by atoms with van der Waals surface area (Å²) < 4.78 is 12.4. The molecule has 5 rings (SSSR count). The van der Waals surface area contributed by atoms with Crippen molar-refractivity contribution in [3.8, 4) is 22.8 Å². The van der Waals surface area contributed by atoms with E-state index < -0.39 is 0 Å². The number of rotatable bonds is 5. The SMILES string of the molecule is Cc1cccc(Cn2cnc(NC(=O)c3cc(-c4ccc5c(c4)OCO5)n[nH]3)n2)c1. The summed E-state index contributed by atoms with van der Waals surface area (Å²) in [5.41, 5.74) is 4.03. The highest BCUT2D eigenvalue weighted by Gasteiger charge is 2.17. The number of anilines is 1. The number of H-pyrrole nitrogens is 1. The van der Waals surface area contributed by atoms with Crippen molar-refractivity contribution in [2.45, 2.75) is 13.5 Å². The van der Waals surface area contributed by atoms with E-state index in [1.807, 2.05) is 43.3 Å². The second-order valence-electron chi connectivity index (χ2n) is 6.94. The first-order valence-corrected chi connectivity index (χ1v) is 9.36. The van der Waals surface area contributed by atoms with Gasteiger partial charge in [-0.1, -0.05) is 29.8 Å². The Morgan fingerprint density at radius 2 is 2.07 bits per heavy atom. The number of aromatic nitrogens is 5. The first kappa shape index (κ1) is 17.9. The maximum Gasteiger partial charge on any atom is 0.276 e. The molecule has 1 amide bonds. The molecule has 0 saturated carbocycles. The molecule has 30 heavy (non-hydrogen) atoms. The Labute approximate surface area is 171 Å². The first-order valence-electron chi connectivity index (χ1n) is 9.36. The van der Waals surface area contributed by atoms with Crippen molar-refractivity contribution in [3.63, 3.8) is 0 Å². The van der Waals surface area contributed by atoms with Crippen molar-refractivity contribution in [2.24, 2.45) is 0 Å². The molecule has 2 aromatic heterocycles. The Kier molecular flexibility index (Phi) is 4.40. The highest BCUT2D eigenvalue weighted by atomic mass is 16.7. The van der Waals surface area contributed by atoms with Crippen LogP contribution in [0.25, 0.3) is 11.3 Å². The molecule has 2 N–H and O–H groups in total. The number of amides is 1. The zero-order valence-corrected chi connectivity index (χ0v) is 16.1. The topological polar surface area (TPSA) is 107 Å². The van der Waals surface area contributed by atoms with Crippen molar-refractivity contribution < 1.29 is 14.3 Å². The zero-order chi connectivity index (χ0) is 20.5. The van der Waals surface area contributed by atoms with Crippen LogP contribution < -0.4 is 14.8 Å². The van der Waals surface area contributed by atoms with Gasteiger partial charge in [-0.05, 0) is 36.8 Å². The second-order valence-corrected chi connectivity index (χ2v) is 6.94. The van der Waals surface area contributed by atoms with Gasteiger partial charge < -0.3 is 9.47 Å². The molecule has 1 aliphatic heterocycles. The number of carbonyl (C=O) groups is 1. The standard InChI is InChI=1S/C21H18N6O3/c1-13-3-2-4-14(7-13)10-27-11-22-21(26-27)23-20(28)17-9-16(24-25-17)15-5-6-18-19(8-15)30-12-29-18/h2-9,11H,10,12H2,1H3,(H,24,25)(H,23,26,28). The molecule has 9 nitrogen and oxygen atoms in total. The minimum atomic E-state index is -0.372. The number of hydrogen-bond acceptors (Lipinski definition) is 6. The van der Waals surface area contributed by atoms with Gasteiger partial charge in [-0.3, -0.25) is 15.2 Å². The molecule has 0 spiro atoms. The van der Waals surface area contributed by atoms with E-state index in [1.165, 1.54) is 5.56 Å². The largest absolute Gasteiger partial charge is 0.454 e. The summed E-state index contributed by atoms with van der Waals surface area (Å²) in [6.07, 6.45) is 1.59. The molecule has 150 valence electrons. The van der Waals surface area contributed by atoms with Crippen LogP contribution in [-0.2, 0) is 6.54 Å². The van der Waals surface area contributed by atoms with Crippen LogP contribution >= 0.6 is 0 Å². The first-order chi connectivity index (χ1) is 14.6. The van der Waals surface area contributed by atoms with Crippen molar-refractivity contribution in [1.29, 1.82) is 0 Å². The van der Waals surface area contributed by atoms with E-state index in [0.29, 0.717) is 29.4 Å². The van der Waals surface area contributed by atoms with Crippen LogP contribution in [0.4, 0.5) is 5.95 Å². The average Bonchev–Trinajstić information content (AvgIpc) is 3.48. The number of nitrogens with zero attached hydrogens (tertiary/aromatic N) is 4. The van der Waals surface area contributed by atoms with E-state index >= 15 is 0 Å². The van der Waals surface area contributed by atoms with Gasteiger partial charge in [-0.25, -0.2) is 9.67 Å². The number of nitrogens with one attached hydrogen (secondary N) is 2.